The molecule has 0 heterocycles. The molecule has 2 aromatic rings. The molecule has 0 fully saturated rings. The summed E-state index contributed by atoms with van der Waals surface area (Å²) in [5, 5.41) is 8.02. The third kappa shape index (κ3) is 4.19. The second kappa shape index (κ2) is 6.82. The van der Waals surface area contributed by atoms with E-state index in [9.17, 15) is 13.2 Å². The Balaban J connectivity index is 2.27. The fourth-order valence-corrected chi connectivity index (χ4v) is 3.67. The molecule has 3 N–H and O–H groups in total. The quantitative estimate of drug-likeness (QED) is 0.832. The van der Waals surface area contributed by atoms with Crippen molar-refractivity contribution in [2.45, 2.75) is 24.8 Å². The van der Waals surface area contributed by atoms with Gasteiger partial charge in [0.05, 0.1) is 10.9 Å². The predicted octanol–water partition coefficient (Wildman–Crippen LogP) is 2.90. The van der Waals surface area contributed by atoms with Crippen LogP contribution in [0.3, 0.4) is 0 Å². The van der Waals surface area contributed by atoms with Crippen molar-refractivity contribution in [1.29, 1.82) is 0 Å². The number of aryl methyl sites for hydroxylation is 1. The Morgan fingerprint density at radius 3 is 2.48 bits per heavy atom. The standard InChI is InChI=1S/C16H17BrN2O3S/c1-10-7-8-12(9-15(10)23(18,21)22)16(20)19-11(2)13-5-3-4-6-14(13)17/h3-9,11H,1-2H3,(H,19,20)(H2,18,21,22)/t11-/m1/s1. The van der Waals surface area contributed by atoms with E-state index in [2.05, 4.69) is 21.2 Å². The Hall–Kier alpha value is -1.70. The van der Waals surface area contributed by atoms with E-state index in [-0.39, 0.29) is 22.4 Å². The van der Waals surface area contributed by atoms with Gasteiger partial charge in [-0.05, 0) is 43.2 Å². The molecule has 0 spiro atoms. The molecule has 7 heteroatoms. The van der Waals surface area contributed by atoms with Crippen LogP contribution in [-0.2, 0) is 10.0 Å². The van der Waals surface area contributed by atoms with Gasteiger partial charge in [-0.1, -0.05) is 40.2 Å². The van der Waals surface area contributed by atoms with Crippen molar-refractivity contribution >= 4 is 31.9 Å². The summed E-state index contributed by atoms with van der Waals surface area (Å²) in [7, 11) is -3.86. The minimum atomic E-state index is -3.86. The first-order valence-corrected chi connectivity index (χ1v) is 9.23. The van der Waals surface area contributed by atoms with Gasteiger partial charge < -0.3 is 5.32 Å². The Morgan fingerprint density at radius 1 is 1.22 bits per heavy atom. The number of hydrogen-bond donors (Lipinski definition) is 2. The number of benzene rings is 2. The van der Waals surface area contributed by atoms with Gasteiger partial charge in [-0.2, -0.15) is 0 Å². The van der Waals surface area contributed by atoms with Crippen LogP contribution in [0.25, 0.3) is 0 Å². The Bertz CT molecular complexity index is 850. The van der Waals surface area contributed by atoms with E-state index in [1.54, 1.807) is 19.1 Å². The minimum absolute atomic E-state index is 0.0429. The van der Waals surface area contributed by atoms with Crippen LogP contribution in [0.5, 0.6) is 0 Å². The van der Waals surface area contributed by atoms with Crippen molar-refractivity contribution in [1.82, 2.24) is 5.32 Å². The van der Waals surface area contributed by atoms with E-state index in [4.69, 9.17) is 5.14 Å². The highest BCUT2D eigenvalue weighted by atomic mass is 79.9. The number of carbonyl (C=O) groups is 1. The molecule has 2 aromatic carbocycles. The molecule has 0 aliphatic rings. The lowest BCUT2D eigenvalue weighted by molar-refractivity contribution is 0.0939. The Kier molecular flexibility index (Phi) is 5.23. The largest absolute Gasteiger partial charge is 0.345 e. The molecular weight excluding hydrogens is 380 g/mol. The zero-order valence-electron chi connectivity index (χ0n) is 12.7. The van der Waals surface area contributed by atoms with Crippen molar-refractivity contribution in [3.05, 3.63) is 63.6 Å². The fraction of sp³-hybridized carbons (Fsp3) is 0.188. The van der Waals surface area contributed by atoms with Crippen LogP contribution in [0.1, 0.15) is 34.5 Å². The van der Waals surface area contributed by atoms with Gasteiger partial charge >= 0.3 is 0 Å². The molecule has 0 aromatic heterocycles. The molecular formula is C16H17BrN2O3S. The number of nitrogens with one attached hydrogen (secondary N) is 1. The van der Waals surface area contributed by atoms with Gasteiger partial charge in [0.1, 0.15) is 0 Å². The van der Waals surface area contributed by atoms with E-state index in [0.717, 1.165) is 10.0 Å². The molecule has 0 aliphatic heterocycles. The van der Waals surface area contributed by atoms with Crippen LogP contribution in [0, 0.1) is 6.92 Å². The summed E-state index contributed by atoms with van der Waals surface area (Å²) in [6, 6.07) is 11.8. The van der Waals surface area contributed by atoms with E-state index >= 15 is 0 Å². The van der Waals surface area contributed by atoms with E-state index < -0.39 is 10.0 Å². The fourth-order valence-electron chi connectivity index (χ4n) is 2.23. The first kappa shape index (κ1) is 17.7. The van der Waals surface area contributed by atoms with E-state index in [1.165, 1.54) is 6.07 Å². The number of nitrogens with two attached hydrogens (primary N) is 1. The number of rotatable bonds is 4. The predicted molar refractivity (Wildman–Crippen MR) is 92.6 cm³/mol. The molecule has 0 unspecified atom stereocenters. The summed E-state index contributed by atoms with van der Waals surface area (Å²) >= 11 is 3.44. The highest BCUT2D eigenvalue weighted by Crippen LogP contribution is 2.23. The van der Waals surface area contributed by atoms with Gasteiger partial charge in [-0.25, -0.2) is 13.6 Å². The molecule has 2 rings (SSSR count). The monoisotopic (exact) mass is 396 g/mol. The van der Waals surface area contributed by atoms with E-state index in [0.29, 0.717) is 5.56 Å². The SMILES string of the molecule is Cc1ccc(C(=O)N[C@H](C)c2ccccc2Br)cc1S(N)(=O)=O. The first-order valence-electron chi connectivity index (χ1n) is 6.89. The molecule has 1 atom stereocenters. The molecule has 23 heavy (non-hydrogen) atoms. The summed E-state index contributed by atoms with van der Waals surface area (Å²) in [5.41, 5.74) is 1.68. The third-order valence-corrected chi connectivity index (χ3v) is 5.25. The molecule has 0 saturated carbocycles. The van der Waals surface area contributed by atoms with Crippen LogP contribution >= 0.6 is 15.9 Å². The van der Waals surface area contributed by atoms with Gasteiger partial charge in [-0.3, -0.25) is 4.79 Å². The second-order valence-electron chi connectivity index (χ2n) is 5.24. The van der Waals surface area contributed by atoms with Gasteiger partial charge in [0.2, 0.25) is 10.0 Å². The summed E-state index contributed by atoms with van der Waals surface area (Å²) in [4.78, 5) is 12.3. The zero-order chi connectivity index (χ0) is 17.2. The molecule has 1 amide bonds. The van der Waals surface area contributed by atoms with Crippen molar-refractivity contribution < 1.29 is 13.2 Å². The lowest BCUT2D eigenvalue weighted by atomic mass is 10.1. The highest BCUT2D eigenvalue weighted by Gasteiger charge is 2.17. The third-order valence-electron chi connectivity index (χ3n) is 3.48. The van der Waals surface area contributed by atoms with Gasteiger partial charge in [0.15, 0.2) is 0 Å². The maximum Gasteiger partial charge on any atom is 0.251 e. The normalized spacial score (nSPS) is 12.7. The topological polar surface area (TPSA) is 89.3 Å². The van der Waals surface area contributed by atoms with Gasteiger partial charge in [0, 0.05) is 10.0 Å². The summed E-state index contributed by atoms with van der Waals surface area (Å²) in [6.07, 6.45) is 0. The number of primary sulfonamides is 1. The molecule has 0 aliphatic carbocycles. The number of halogens is 1. The van der Waals surface area contributed by atoms with Crippen LogP contribution in [0.2, 0.25) is 0 Å². The lowest BCUT2D eigenvalue weighted by Crippen LogP contribution is -2.27. The molecule has 122 valence electrons. The smallest absolute Gasteiger partial charge is 0.251 e. The molecule has 0 saturated heterocycles. The van der Waals surface area contributed by atoms with Crippen LogP contribution in [0.4, 0.5) is 0 Å². The average molecular weight is 397 g/mol. The summed E-state index contributed by atoms with van der Waals surface area (Å²) in [5.74, 6) is -0.363. The second-order valence-corrected chi connectivity index (χ2v) is 7.63. The molecule has 5 nitrogen and oxygen atoms in total. The van der Waals surface area contributed by atoms with Crippen molar-refractivity contribution in [3.63, 3.8) is 0 Å². The van der Waals surface area contributed by atoms with Crippen molar-refractivity contribution in [2.24, 2.45) is 5.14 Å². The van der Waals surface area contributed by atoms with Gasteiger partial charge in [-0.15, -0.1) is 0 Å². The van der Waals surface area contributed by atoms with Crippen LogP contribution < -0.4 is 10.5 Å². The highest BCUT2D eigenvalue weighted by molar-refractivity contribution is 9.10. The zero-order valence-corrected chi connectivity index (χ0v) is 15.1. The van der Waals surface area contributed by atoms with Crippen molar-refractivity contribution in [2.75, 3.05) is 0 Å². The van der Waals surface area contributed by atoms with Gasteiger partial charge in [0.25, 0.3) is 5.91 Å². The Labute approximate surface area is 144 Å². The number of sulfonamides is 1. The van der Waals surface area contributed by atoms with Crippen LogP contribution in [0.15, 0.2) is 51.8 Å². The number of hydrogen-bond acceptors (Lipinski definition) is 3. The van der Waals surface area contributed by atoms with Crippen LogP contribution in [-0.4, -0.2) is 14.3 Å². The maximum atomic E-state index is 12.4. The number of amides is 1. The summed E-state index contributed by atoms with van der Waals surface area (Å²) in [6.45, 7) is 3.48. The molecule has 0 bridgehead atoms. The lowest BCUT2D eigenvalue weighted by Gasteiger charge is -2.16. The Morgan fingerprint density at radius 2 is 1.87 bits per heavy atom. The summed E-state index contributed by atoms with van der Waals surface area (Å²) < 4.78 is 24.0. The van der Waals surface area contributed by atoms with E-state index in [1.807, 2.05) is 31.2 Å². The molecule has 0 radical (unpaired) electrons. The minimum Gasteiger partial charge on any atom is -0.345 e. The number of carbonyl (C=O) groups excluding carboxylic acids is 1. The average Bonchev–Trinajstić information content (AvgIpc) is 2.46. The maximum absolute atomic E-state index is 12.4. The first-order chi connectivity index (χ1) is 10.7. The van der Waals surface area contributed by atoms with Crippen molar-refractivity contribution in [3.8, 4) is 0 Å².